The monoisotopic (exact) mass is 340 g/mol. The zero-order valence-electron chi connectivity index (χ0n) is 10.1. The number of rotatable bonds is 2. The van der Waals surface area contributed by atoms with Gasteiger partial charge < -0.3 is 4.57 Å². The maximum atomic E-state index is 13.7. The normalized spacial score (nSPS) is 11.2. The molecule has 0 amide bonds. The van der Waals surface area contributed by atoms with Crippen molar-refractivity contribution in [2.75, 3.05) is 0 Å². The van der Waals surface area contributed by atoms with Crippen molar-refractivity contribution in [3.8, 4) is 0 Å². The molecule has 0 atom stereocenters. The molecule has 0 saturated carbocycles. The minimum Gasteiger partial charge on any atom is -0.341 e. The molecule has 0 saturated heterocycles. The number of fused-ring (bicyclic) bond motifs is 1. The molecule has 102 valence electrons. The van der Waals surface area contributed by atoms with Crippen LogP contribution in [0.3, 0.4) is 0 Å². The van der Waals surface area contributed by atoms with Gasteiger partial charge in [-0.05, 0) is 28.1 Å². The summed E-state index contributed by atoms with van der Waals surface area (Å²) in [6, 6.07) is 3.33. The highest BCUT2D eigenvalue weighted by Crippen LogP contribution is 2.26. The van der Waals surface area contributed by atoms with E-state index < -0.39 is 17.5 Å². The Morgan fingerprint density at radius 3 is 2.80 bits per heavy atom. The van der Waals surface area contributed by atoms with Gasteiger partial charge in [0.2, 0.25) is 0 Å². The lowest BCUT2D eigenvalue weighted by Crippen LogP contribution is -2.03. The molecule has 0 radical (unpaired) electrons. The summed E-state index contributed by atoms with van der Waals surface area (Å²) in [6.45, 7) is 0.0221. The van der Waals surface area contributed by atoms with Crippen molar-refractivity contribution in [2.45, 2.75) is 6.54 Å². The van der Waals surface area contributed by atoms with Gasteiger partial charge in [-0.1, -0.05) is 0 Å². The van der Waals surface area contributed by atoms with E-state index in [0.717, 1.165) is 21.4 Å². The first-order chi connectivity index (χ1) is 9.56. The van der Waals surface area contributed by atoms with Gasteiger partial charge in [0.25, 0.3) is 0 Å². The van der Waals surface area contributed by atoms with Crippen LogP contribution in [-0.4, -0.2) is 9.55 Å². The molecular formula is C14H8BrF3N2. The van der Waals surface area contributed by atoms with E-state index in [1.165, 1.54) is 0 Å². The molecule has 3 aromatic rings. The van der Waals surface area contributed by atoms with Gasteiger partial charge in [0.05, 0.1) is 18.3 Å². The highest BCUT2D eigenvalue weighted by molar-refractivity contribution is 9.10. The standard InChI is InChI=1S/C14H8BrF3N2/c15-11-7-20(13-5-19-2-1-10(11)13)6-8-3-9(16)4-12(17)14(8)18/h1-5,7H,6H2. The van der Waals surface area contributed by atoms with Crippen molar-refractivity contribution in [3.05, 3.63) is 64.3 Å². The van der Waals surface area contributed by atoms with E-state index in [4.69, 9.17) is 0 Å². The summed E-state index contributed by atoms with van der Waals surface area (Å²) in [6.07, 6.45) is 4.99. The molecular weight excluding hydrogens is 333 g/mol. The third-order valence-electron chi connectivity index (χ3n) is 3.04. The molecule has 0 aliphatic rings. The first-order valence-electron chi connectivity index (χ1n) is 5.78. The lowest BCUT2D eigenvalue weighted by atomic mass is 10.2. The summed E-state index contributed by atoms with van der Waals surface area (Å²) >= 11 is 3.39. The summed E-state index contributed by atoms with van der Waals surface area (Å²) in [5, 5.41) is 0.900. The quantitative estimate of drug-likeness (QED) is 0.637. The molecule has 6 heteroatoms. The van der Waals surface area contributed by atoms with Crippen LogP contribution in [0.4, 0.5) is 13.2 Å². The van der Waals surface area contributed by atoms with Crippen molar-refractivity contribution < 1.29 is 13.2 Å². The molecule has 1 aromatic carbocycles. The van der Waals surface area contributed by atoms with Crippen LogP contribution in [0.2, 0.25) is 0 Å². The Balaban J connectivity index is 2.10. The van der Waals surface area contributed by atoms with Crippen molar-refractivity contribution in [3.63, 3.8) is 0 Å². The highest BCUT2D eigenvalue weighted by Gasteiger charge is 2.13. The van der Waals surface area contributed by atoms with Crippen LogP contribution in [0.25, 0.3) is 10.9 Å². The van der Waals surface area contributed by atoms with Gasteiger partial charge in [0, 0.05) is 33.9 Å². The first-order valence-corrected chi connectivity index (χ1v) is 6.57. The number of hydrogen-bond donors (Lipinski definition) is 0. The maximum Gasteiger partial charge on any atom is 0.164 e. The average Bonchev–Trinajstić information content (AvgIpc) is 2.73. The molecule has 0 bridgehead atoms. The summed E-state index contributed by atoms with van der Waals surface area (Å²) < 4.78 is 42.6. The second-order valence-electron chi connectivity index (χ2n) is 4.36. The largest absolute Gasteiger partial charge is 0.341 e. The Labute approximate surface area is 121 Å². The molecule has 0 fully saturated rings. The van der Waals surface area contributed by atoms with Crippen molar-refractivity contribution in [1.82, 2.24) is 9.55 Å². The zero-order valence-corrected chi connectivity index (χ0v) is 11.7. The van der Waals surface area contributed by atoms with Gasteiger partial charge in [0.15, 0.2) is 11.6 Å². The topological polar surface area (TPSA) is 17.8 Å². The van der Waals surface area contributed by atoms with E-state index in [1.54, 1.807) is 29.2 Å². The third-order valence-corrected chi connectivity index (χ3v) is 3.68. The Bertz CT molecular complexity index is 798. The summed E-state index contributed by atoms with van der Waals surface area (Å²) in [5.74, 6) is -3.02. The van der Waals surface area contributed by atoms with Gasteiger partial charge in [-0.25, -0.2) is 13.2 Å². The third kappa shape index (κ3) is 2.20. The SMILES string of the molecule is Fc1cc(F)c(F)c(Cn2cc(Br)c3ccncc32)c1. The fraction of sp³-hybridized carbons (Fsp3) is 0.0714. The number of halogens is 4. The van der Waals surface area contributed by atoms with Crippen molar-refractivity contribution in [2.24, 2.45) is 0 Å². The Hall–Kier alpha value is -1.82. The van der Waals surface area contributed by atoms with Crippen LogP contribution >= 0.6 is 15.9 Å². The van der Waals surface area contributed by atoms with E-state index in [-0.39, 0.29) is 12.1 Å². The van der Waals surface area contributed by atoms with Crippen molar-refractivity contribution in [1.29, 1.82) is 0 Å². The molecule has 0 aliphatic carbocycles. The molecule has 0 N–H and O–H groups in total. The smallest absolute Gasteiger partial charge is 0.164 e. The molecule has 2 heterocycles. The molecule has 2 aromatic heterocycles. The lowest BCUT2D eigenvalue weighted by Gasteiger charge is -2.07. The van der Waals surface area contributed by atoms with E-state index >= 15 is 0 Å². The van der Waals surface area contributed by atoms with Crippen LogP contribution in [-0.2, 0) is 6.54 Å². The number of nitrogens with zero attached hydrogens (tertiary/aromatic N) is 2. The molecule has 3 rings (SSSR count). The number of hydrogen-bond acceptors (Lipinski definition) is 1. The van der Waals surface area contributed by atoms with E-state index in [2.05, 4.69) is 20.9 Å². The summed E-state index contributed by atoms with van der Waals surface area (Å²) in [7, 11) is 0. The molecule has 0 spiro atoms. The maximum absolute atomic E-state index is 13.7. The average molecular weight is 341 g/mol. The van der Waals surface area contributed by atoms with Crippen LogP contribution in [0.1, 0.15) is 5.56 Å². The van der Waals surface area contributed by atoms with Gasteiger partial charge in [-0.15, -0.1) is 0 Å². The Morgan fingerprint density at radius 2 is 2.00 bits per heavy atom. The number of pyridine rings is 1. The minimum absolute atomic E-state index is 0.0221. The lowest BCUT2D eigenvalue weighted by molar-refractivity contribution is 0.482. The summed E-state index contributed by atoms with van der Waals surface area (Å²) in [5.41, 5.74) is 0.708. The van der Waals surface area contributed by atoms with Crippen LogP contribution < -0.4 is 0 Å². The van der Waals surface area contributed by atoms with Gasteiger partial charge in [-0.2, -0.15) is 0 Å². The van der Waals surface area contributed by atoms with Crippen LogP contribution in [0.15, 0.2) is 41.3 Å². The second kappa shape index (κ2) is 4.94. The van der Waals surface area contributed by atoms with Crippen LogP contribution in [0.5, 0.6) is 0 Å². The van der Waals surface area contributed by atoms with Gasteiger partial charge >= 0.3 is 0 Å². The summed E-state index contributed by atoms with van der Waals surface area (Å²) in [4.78, 5) is 4.00. The second-order valence-corrected chi connectivity index (χ2v) is 5.21. The Morgan fingerprint density at radius 1 is 1.20 bits per heavy atom. The predicted molar refractivity (Wildman–Crippen MR) is 72.9 cm³/mol. The minimum atomic E-state index is -1.19. The molecule has 2 nitrogen and oxygen atoms in total. The Kier molecular flexibility index (Phi) is 3.25. The number of aromatic nitrogens is 2. The number of benzene rings is 1. The van der Waals surface area contributed by atoms with Gasteiger partial charge in [-0.3, -0.25) is 4.98 Å². The first kappa shape index (κ1) is 13.2. The highest BCUT2D eigenvalue weighted by atomic mass is 79.9. The van der Waals surface area contributed by atoms with E-state index in [9.17, 15) is 13.2 Å². The molecule has 0 aliphatic heterocycles. The van der Waals surface area contributed by atoms with E-state index in [0.29, 0.717) is 6.07 Å². The van der Waals surface area contributed by atoms with Gasteiger partial charge in [0.1, 0.15) is 5.82 Å². The molecule has 0 unspecified atom stereocenters. The fourth-order valence-corrected chi connectivity index (χ4v) is 2.71. The zero-order chi connectivity index (χ0) is 14.3. The predicted octanol–water partition coefficient (Wildman–Crippen LogP) is 4.26. The van der Waals surface area contributed by atoms with Crippen molar-refractivity contribution >= 4 is 26.8 Å². The fourth-order valence-electron chi connectivity index (χ4n) is 2.13. The van der Waals surface area contributed by atoms with Crippen LogP contribution in [0, 0.1) is 17.5 Å². The molecule has 20 heavy (non-hydrogen) atoms. The van der Waals surface area contributed by atoms with E-state index in [1.807, 2.05) is 0 Å².